The second kappa shape index (κ2) is 37.4. The van der Waals surface area contributed by atoms with Crippen LogP contribution in [0.25, 0.3) is 0 Å². The van der Waals surface area contributed by atoms with E-state index in [1.807, 2.05) is 0 Å². The lowest BCUT2D eigenvalue weighted by atomic mass is 10.0. The van der Waals surface area contributed by atoms with Crippen LogP contribution in [0.15, 0.2) is 0 Å². The predicted molar refractivity (Wildman–Crippen MR) is 195 cm³/mol. The quantitative estimate of drug-likeness (QED) is 0.0387. The van der Waals surface area contributed by atoms with Crippen LogP contribution in [0.2, 0.25) is 0 Å². The van der Waals surface area contributed by atoms with Crippen molar-refractivity contribution in [2.45, 2.75) is 252 Å². The molecule has 0 aliphatic heterocycles. The van der Waals surface area contributed by atoms with Crippen LogP contribution in [0.3, 0.4) is 0 Å². The minimum atomic E-state index is -0.711. The number of carbonyl (C=O) groups excluding carboxylic acids is 2. The van der Waals surface area contributed by atoms with Gasteiger partial charge in [-0.05, 0) is 19.3 Å². The highest BCUT2D eigenvalue weighted by Crippen LogP contribution is 2.17. The zero-order valence-electron chi connectivity index (χ0n) is 31.0. The van der Waals surface area contributed by atoms with Crippen molar-refractivity contribution in [1.29, 1.82) is 0 Å². The van der Waals surface area contributed by atoms with Gasteiger partial charge in [0.25, 0.3) is 0 Å². The van der Waals surface area contributed by atoms with Gasteiger partial charge in [0.15, 0.2) is 0 Å². The average molecular weight is 637 g/mol. The molecule has 0 heterocycles. The molecule has 0 atom stereocenters. The van der Waals surface area contributed by atoms with Crippen LogP contribution < -0.4 is 0 Å². The van der Waals surface area contributed by atoms with Crippen molar-refractivity contribution >= 4 is 11.9 Å². The molecular weight excluding hydrogens is 556 g/mol. The van der Waals surface area contributed by atoms with Gasteiger partial charge in [-0.2, -0.15) is 0 Å². The molecule has 0 aromatic rings. The minimum absolute atomic E-state index is 0.217. The third-order valence-corrected chi connectivity index (χ3v) is 9.29. The Morgan fingerprint density at radius 3 is 0.800 bits per heavy atom. The Bertz CT molecular complexity index is 556. The van der Waals surface area contributed by atoms with Crippen molar-refractivity contribution in [1.82, 2.24) is 0 Å². The van der Waals surface area contributed by atoms with Crippen LogP contribution in [-0.4, -0.2) is 18.2 Å². The van der Waals surface area contributed by atoms with Gasteiger partial charge in [-0.1, -0.05) is 207 Å². The molecule has 0 fully saturated rings. The Kier molecular flexibility index (Phi) is 36.5. The summed E-state index contributed by atoms with van der Waals surface area (Å²) >= 11 is 0. The van der Waals surface area contributed by atoms with E-state index in [0.29, 0.717) is 19.3 Å². The van der Waals surface area contributed by atoms with Crippen molar-refractivity contribution in [2.24, 2.45) is 0 Å². The summed E-state index contributed by atoms with van der Waals surface area (Å²) in [5.41, 5.74) is 0. The van der Waals surface area contributed by atoms with Crippen LogP contribution in [-0.2, 0) is 19.1 Å². The van der Waals surface area contributed by atoms with E-state index in [9.17, 15) is 9.59 Å². The fraction of sp³-hybridized carbons (Fsp3) is 0.951. The topological polar surface area (TPSA) is 52.6 Å². The molecule has 0 aliphatic carbocycles. The van der Waals surface area contributed by atoms with Crippen molar-refractivity contribution in [3.63, 3.8) is 0 Å². The lowest BCUT2D eigenvalue weighted by Crippen LogP contribution is -2.24. The first-order valence-corrected chi connectivity index (χ1v) is 20.5. The number of unbranched alkanes of at least 4 members (excludes halogenated alkanes) is 29. The van der Waals surface area contributed by atoms with E-state index >= 15 is 0 Å². The lowest BCUT2D eigenvalue weighted by Gasteiger charge is -2.18. The van der Waals surface area contributed by atoms with Crippen molar-refractivity contribution < 1.29 is 19.1 Å². The molecule has 0 radical (unpaired) electrons. The van der Waals surface area contributed by atoms with E-state index in [0.717, 1.165) is 38.5 Å². The number of hydrogen-bond acceptors (Lipinski definition) is 4. The summed E-state index contributed by atoms with van der Waals surface area (Å²) in [7, 11) is 0. The molecule has 0 spiro atoms. The molecule has 0 aromatic heterocycles. The molecule has 0 aliphatic rings. The van der Waals surface area contributed by atoms with E-state index in [4.69, 9.17) is 9.47 Å². The zero-order valence-corrected chi connectivity index (χ0v) is 31.0. The fourth-order valence-corrected chi connectivity index (χ4v) is 6.21. The van der Waals surface area contributed by atoms with Gasteiger partial charge in [-0.15, -0.1) is 0 Å². The fourth-order valence-electron chi connectivity index (χ4n) is 6.21. The Hall–Kier alpha value is -1.06. The molecule has 268 valence electrons. The van der Waals surface area contributed by atoms with E-state index in [2.05, 4.69) is 20.8 Å². The molecular formula is C41H80O4. The van der Waals surface area contributed by atoms with Crippen molar-refractivity contribution in [3.8, 4) is 0 Å². The van der Waals surface area contributed by atoms with Gasteiger partial charge in [-0.3, -0.25) is 9.59 Å². The lowest BCUT2D eigenvalue weighted by molar-refractivity contribution is -0.189. The Morgan fingerprint density at radius 2 is 0.556 bits per heavy atom. The summed E-state index contributed by atoms with van der Waals surface area (Å²) in [6.45, 7) is 6.66. The second-order valence-electron chi connectivity index (χ2n) is 14.0. The third kappa shape index (κ3) is 35.6. The SMILES string of the molecule is CCCCCCCCCCCCCCCCCC(=O)OC(CCCC)OC(=O)CCCCCCCCCCCCCCCCC. The van der Waals surface area contributed by atoms with Crippen LogP contribution >= 0.6 is 0 Å². The van der Waals surface area contributed by atoms with Crippen LogP contribution in [0.1, 0.15) is 245 Å². The largest absolute Gasteiger partial charge is 0.425 e. The zero-order chi connectivity index (χ0) is 32.9. The number of rotatable bonds is 37. The molecule has 0 saturated carbocycles. The second-order valence-corrected chi connectivity index (χ2v) is 14.0. The van der Waals surface area contributed by atoms with Gasteiger partial charge in [0, 0.05) is 19.3 Å². The molecule has 4 heteroatoms. The van der Waals surface area contributed by atoms with Gasteiger partial charge >= 0.3 is 11.9 Å². The Labute approximate surface area is 282 Å². The third-order valence-electron chi connectivity index (χ3n) is 9.29. The van der Waals surface area contributed by atoms with Gasteiger partial charge in [0.05, 0.1) is 0 Å². The molecule has 0 aromatic carbocycles. The number of esters is 2. The number of ether oxygens (including phenoxy) is 2. The smallest absolute Gasteiger partial charge is 0.308 e. The molecule has 0 rings (SSSR count). The van der Waals surface area contributed by atoms with Crippen LogP contribution in [0.4, 0.5) is 0 Å². The first kappa shape index (κ1) is 43.9. The van der Waals surface area contributed by atoms with E-state index < -0.39 is 6.29 Å². The Morgan fingerprint density at radius 1 is 0.333 bits per heavy atom. The van der Waals surface area contributed by atoms with Crippen molar-refractivity contribution in [2.75, 3.05) is 0 Å². The van der Waals surface area contributed by atoms with Gasteiger partial charge in [0.2, 0.25) is 6.29 Å². The first-order valence-electron chi connectivity index (χ1n) is 20.5. The number of carbonyl (C=O) groups is 2. The average Bonchev–Trinajstić information content (AvgIpc) is 3.03. The summed E-state index contributed by atoms with van der Waals surface area (Å²) in [5, 5.41) is 0. The summed E-state index contributed by atoms with van der Waals surface area (Å²) in [6.07, 6.45) is 41.9. The summed E-state index contributed by atoms with van der Waals surface area (Å²) in [6, 6.07) is 0. The van der Waals surface area contributed by atoms with E-state index in [1.165, 1.54) is 167 Å². The van der Waals surface area contributed by atoms with E-state index in [-0.39, 0.29) is 11.9 Å². The normalized spacial score (nSPS) is 11.4. The maximum absolute atomic E-state index is 12.4. The highest BCUT2D eigenvalue weighted by Gasteiger charge is 2.18. The highest BCUT2D eigenvalue weighted by molar-refractivity contribution is 5.71. The van der Waals surface area contributed by atoms with Crippen LogP contribution in [0.5, 0.6) is 0 Å². The predicted octanol–water partition coefficient (Wildman–Crippen LogP) is 14.1. The van der Waals surface area contributed by atoms with Gasteiger partial charge in [0.1, 0.15) is 0 Å². The number of hydrogen-bond donors (Lipinski definition) is 0. The first-order chi connectivity index (χ1) is 22.1. The molecule has 0 N–H and O–H groups in total. The summed E-state index contributed by atoms with van der Waals surface area (Å²) < 4.78 is 11.2. The molecule has 0 saturated heterocycles. The maximum Gasteiger partial charge on any atom is 0.308 e. The summed E-state index contributed by atoms with van der Waals surface area (Å²) in [5.74, 6) is -0.434. The maximum atomic E-state index is 12.4. The molecule has 45 heavy (non-hydrogen) atoms. The van der Waals surface area contributed by atoms with Crippen LogP contribution in [0, 0.1) is 0 Å². The van der Waals surface area contributed by atoms with Gasteiger partial charge in [-0.25, -0.2) is 0 Å². The summed E-state index contributed by atoms with van der Waals surface area (Å²) in [4.78, 5) is 24.9. The monoisotopic (exact) mass is 637 g/mol. The Balaban J connectivity index is 3.70. The van der Waals surface area contributed by atoms with Gasteiger partial charge < -0.3 is 9.47 Å². The minimum Gasteiger partial charge on any atom is -0.425 e. The van der Waals surface area contributed by atoms with E-state index in [1.54, 1.807) is 0 Å². The molecule has 0 unspecified atom stereocenters. The standard InChI is InChI=1S/C41H80O4/c1-4-7-10-12-14-16-18-20-22-24-26-28-30-32-34-36-39(42)44-41(38-9-6-3)45-40(43)37-35-33-31-29-27-25-23-21-19-17-15-13-11-8-5-2/h41H,4-38H2,1-3H3. The highest BCUT2D eigenvalue weighted by atomic mass is 16.7. The van der Waals surface area contributed by atoms with Crippen molar-refractivity contribution in [3.05, 3.63) is 0 Å². The molecule has 0 bridgehead atoms. The molecule has 0 amide bonds. The molecule has 4 nitrogen and oxygen atoms in total.